The highest BCUT2D eigenvalue weighted by Crippen LogP contribution is 2.39. The van der Waals surface area contributed by atoms with Crippen LogP contribution in [0.15, 0.2) is 58.5 Å². The third-order valence-electron chi connectivity index (χ3n) is 5.21. The number of nitrogens with zero attached hydrogens (tertiary/aromatic N) is 2. The van der Waals surface area contributed by atoms with E-state index in [4.69, 9.17) is 4.74 Å². The maximum Gasteiger partial charge on any atom is 0.279 e. The predicted molar refractivity (Wildman–Crippen MR) is 118 cm³/mol. The first kappa shape index (κ1) is 21.1. The van der Waals surface area contributed by atoms with E-state index in [1.54, 1.807) is 29.8 Å². The molecule has 2 heterocycles. The molecular formula is C23H22FN3O3S. The number of thioether (sulfide) groups is 1. The molecule has 31 heavy (non-hydrogen) atoms. The lowest BCUT2D eigenvalue weighted by Crippen LogP contribution is -2.33. The van der Waals surface area contributed by atoms with E-state index in [0.29, 0.717) is 40.2 Å². The lowest BCUT2D eigenvalue weighted by atomic mass is 9.86. The van der Waals surface area contributed by atoms with Gasteiger partial charge in [0, 0.05) is 30.7 Å². The molecule has 0 spiro atoms. The van der Waals surface area contributed by atoms with E-state index in [9.17, 15) is 14.0 Å². The number of anilines is 1. The van der Waals surface area contributed by atoms with Crippen molar-refractivity contribution in [3.05, 3.63) is 81.4 Å². The summed E-state index contributed by atoms with van der Waals surface area (Å²) in [6.45, 7) is 2.36. The van der Waals surface area contributed by atoms with Crippen molar-refractivity contribution in [3.8, 4) is 5.75 Å². The summed E-state index contributed by atoms with van der Waals surface area (Å²) in [4.78, 5) is 29.9. The summed E-state index contributed by atoms with van der Waals surface area (Å²) >= 11 is 1.25. The number of amides is 1. The van der Waals surface area contributed by atoms with Gasteiger partial charge in [0.15, 0.2) is 5.16 Å². The van der Waals surface area contributed by atoms with Crippen molar-refractivity contribution in [3.63, 3.8) is 0 Å². The van der Waals surface area contributed by atoms with Gasteiger partial charge in [-0.1, -0.05) is 48.2 Å². The Morgan fingerprint density at radius 1 is 1.19 bits per heavy atom. The molecule has 1 aliphatic rings. The number of carbonyl (C=O) groups is 1. The highest BCUT2D eigenvalue weighted by Gasteiger charge is 2.33. The zero-order valence-electron chi connectivity index (χ0n) is 17.2. The first-order valence-electron chi connectivity index (χ1n) is 9.98. The first-order chi connectivity index (χ1) is 15.0. The fourth-order valence-electron chi connectivity index (χ4n) is 3.74. The second-order valence-corrected chi connectivity index (χ2v) is 8.12. The van der Waals surface area contributed by atoms with Crippen LogP contribution in [0.25, 0.3) is 0 Å². The van der Waals surface area contributed by atoms with Crippen molar-refractivity contribution in [1.29, 1.82) is 0 Å². The summed E-state index contributed by atoms with van der Waals surface area (Å²) in [7, 11) is 1.74. The summed E-state index contributed by atoms with van der Waals surface area (Å²) in [5.74, 6) is 0.438. The number of para-hydroxylation sites is 1. The van der Waals surface area contributed by atoms with E-state index >= 15 is 0 Å². The maximum absolute atomic E-state index is 14.0. The molecule has 1 unspecified atom stereocenters. The van der Waals surface area contributed by atoms with Crippen LogP contribution in [0, 0.1) is 5.82 Å². The Kier molecular flexibility index (Phi) is 6.08. The van der Waals surface area contributed by atoms with E-state index in [1.807, 2.05) is 31.2 Å². The van der Waals surface area contributed by atoms with Gasteiger partial charge in [-0.3, -0.25) is 9.59 Å². The van der Waals surface area contributed by atoms with Crippen molar-refractivity contribution in [2.45, 2.75) is 30.2 Å². The van der Waals surface area contributed by atoms with Gasteiger partial charge in [-0.2, -0.15) is 4.98 Å². The quantitative estimate of drug-likeness (QED) is 0.463. The van der Waals surface area contributed by atoms with Gasteiger partial charge in [-0.05, 0) is 24.6 Å². The Labute approximate surface area is 183 Å². The molecule has 1 aromatic heterocycles. The van der Waals surface area contributed by atoms with Gasteiger partial charge in [0.05, 0.1) is 12.2 Å². The second kappa shape index (κ2) is 8.93. The summed E-state index contributed by atoms with van der Waals surface area (Å²) in [5.41, 5.74) is 1.34. The minimum absolute atomic E-state index is 0.135. The molecule has 0 aliphatic carbocycles. The standard InChI is InChI=1S/C23H22FN3O3S/c1-3-30-18-11-7-5-9-15(18)16-12-19(28)25-21-20(16)22(29)26-23(27(21)2)31-13-14-8-4-6-10-17(14)24/h4-11,16H,3,12-13H2,1-2H3,(H,25,28). The summed E-state index contributed by atoms with van der Waals surface area (Å²) in [6.07, 6.45) is 0.135. The van der Waals surface area contributed by atoms with E-state index < -0.39 is 11.5 Å². The number of carbonyl (C=O) groups excluding carboxylic acids is 1. The van der Waals surface area contributed by atoms with Gasteiger partial charge in [0.1, 0.15) is 17.4 Å². The zero-order valence-corrected chi connectivity index (χ0v) is 18.0. The Bertz CT molecular complexity index is 1190. The van der Waals surface area contributed by atoms with Crippen LogP contribution in [0.5, 0.6) is 5.75 Å². The highest BCUT2D eigenvalue weighted by atomic mass is 32.2. The molecule has 0 radical (unpaired) electrons. The number of rotatable bonds is 6. The van der Waals surface area contributed by atoms with Gasteiger partial charge >= 0.3 is 0 Å². The SMILES string of the molecule is CCOc1ccccc1C1CC(=O)Nc2c1c(=O)nc(SCc1ccccc1F)n2C. The van der Waals surface area contributed by atoms with Crippen molar-refractivity contribution in [1.82, 2.24) is 9.55 Å². The minimum Gasteiger partial charge on any atom is -0.494 e. The fourth-order valence-corrected chi connectivity index (χ4v) is 4.69. The van der Waals surface area contributed by atoms with Crippen LogP contribution < -0.4 is 15.6 Å². The monoisotopic (exact) mass is 439 g/mol. The Morgan fingerprint density at radius 3 is 2.71 bits per heavy atom. The third-order valence-corrected chi connectivity index (χ3v) is 6.29. The number of aromatic nitrogens is 2. The van der Waals surface area contributed by atoms with Crippen LogP contribution in [-0.4, -0.2) is 22.1 Å². The van der Waals surface area contributed by atoms with Crippen LogP contribution >= 0.6 is 11.8 Å². The van der Waals surface area contributed by atoms with Gasteiger partial charge in [-0.25, -0.2) is 4.39 Å². The summed E-state index contributed by atoms with van der Waals surface area (Å²) < 4.78 is 21.4. The predicted octanol–water partition coefficient (Wildman–Crippen LogP) is 4.08. The molecule has 1 aliphatic heterocycles. The molecule has 160 valence electrons. The largest absolute Gasteiger partial charge is 0.494 e. The average Bonchev–Trinajstić information content (AvgIpc) is 2.76. The third kappa shape index (κ3) is 4.20. The number of benzene rings is 2. The Hall–Kier alpha value is -3.13. The minimum atomic E-state index is -0.455. The number of ether oxygens (including phenoxy) is 1. The Balaban J connectivity index is 1.74. The van der Waals surface area contributed by atoms with E-state index in [0.717, 1.165) is 5.56 Å². The number of halogens is 1. The Morgan fingerprint density at radius 2 is 1.94 bits per heavy atom. The van der Waals surface area contributed by atoms with E-state index in [-0.39, 0.29) is 18.1 Å². The number of hydrogen-bond donors (Lipinski definition) is 1. The molecule has 1 N–H and O–H groups in total. The van der Waals surface area contributed by atoms with Crippen LogP contribution in [0.3, 0.4) is 0 Å². The van der Waals surface area contributed by atoms with Crippen LogP contribution in [-0.2, 0) is 17.6 Å². The number of nitrogens with one attached hydrogen (secondary N) is 1. The van der Waals surface area contributed by atoms with Crippen molar-refractivity contribution in [2.75, 3.05) is 11.9 Å². The molecule has 1 atom stereocenters. The molecule has 4 rings (SSSR count). The van der Waals surface area contributed by atoms with Gasteiger partial charge in [-0.15, -0.1) is 0 Å². The maximum atomic E-state index is 14.0. The fraction of sp³-hybridized carbons (Fsp3) is 0.261. The lowest BCUT2D eigenvalue weighted by Gasteiger charge is -2.28. The van der Waals surface area contributed by atoms with E-state index in [2.05, 4.69) is 10.3 Å². The molecule has 0 bridgehead atoms. The number of fused-ring (bicyclic) bond motifs is 1. The normalized spacial score (nSPS) is 15.3. The van der Waals surface area contributed by atoms with Gasteiger partial charge in [0.2, 0.25) is 5.91 Å². The van der Waals surface area contributed by atoms with Crippen LogP contribution in [0.1, 0.15) is 36.0 Å². The summed E-state index contributed by atoms with van der Waals surface area (Å²) in [6, 6.07) is 13.9. The second-order valence-electron chi connectivity index (χ2n) is 7.18. The molecule has 1 amide bonds. The van der Waals surface area contributed by atoms with Gasteiger partial charge < -0.3 is 14.6 Å². The molecule has 3 aromatic rings. The molecule has 2 aromatic carbocycles. The number of hydrogen-bond acceptors (Lipinski definition) is 5. The summed E-state index contributed by atoms with van der Waals surface area (Å²) in [5, 5.41) is 3.23. The smallest absolute Gasteiger partial charge is 0.279 e. The van der Waals surface area contributed by atoms with Crippen LogP contribution in [0.4, 0.5) is 10.2 Å². The van der Waals surface area contributed by atoms with Crippen molar-refractivity contribution >= 4 is 23.5 Å². The molecule has 0 saturated carbocycles. The van der Waals surface area contributed by atoms with Crippen molar-refractivity contribution in [2.24, 2.45) is 7.05 Å². The highest BCUT2D eigenvalue weighted by molar-refractivity contribution is 7.98. The molecule has 0 saturated heterocycles. The molecule has 8 heteroatoms. The average molecular weight is 440 g/mol. The zero-order chi connectivity index (χ0) is 22.0. The van der Waals surface area contributed by atoms with Crippen LogP contribution in [0.2, 0.25) is 0 Å². The molecular weight excluding hydrogens is 417 g/mol. The van der Waals surface area contributed by atoms with Crippen molar-refractivity contribution < 1.29 is 13.9 Å². The van der Waals surface area contributed by atoms with Gasteiger partial charge in [0.25, 0.3) is 5.56 Å². The lowest BCUT2D eigenvalue weighted by molar-refractivity contribution is -0.116. The molecule has 0 fully saturated rings. The topological polar surface area (TPSA) is 73.2 Å². The molecule has 6 nitrogen and oxygen atoms in total. The first-order valence-corrected chi connectivity index (χ1v) is 11.0. The van der Waals surface area contributed by atoms with E-state index in [1.165, 1.54) is 17.8 Å².